The molecule has 0 radical (unpaired) electrons. The van der Waals surface area contributed by atoms with Crippen LogP contribution in [0.25, 0.3) is 0 Å². The van der Waals surface area contributed by atoms with Gasteiger partial charge < -0.3 is 5.32 Å². The molecule has 1 saturated heterocycles. The minimum atomic E-state index is -4.25. The lowest BCUT2D eigenvalue weighted by atomic mass is 9.86. The molecule has 1 heterocycles. The molecule has 1 aromatic rings. The first kappa shape index (κ1) is 13.4. The summed E-state index contributed by atoms with van der Waals surface area (Å²) in [6.07, 6.45) is -0.484. The summed E-state index contributed by atoms with van der Waals surface area (Å²) in [5, 5.41) is 3.45. The Labute approximate surface area is 105 Å². The van der Waals surface area contributed by atoms with E-state index in [0.717, 1.165) is 37.4 Å². The van der Waals surface area contributed by atoms with E-state index in [2.05, 4.69) is 12.2 Å². The molecule has 1 N–H and O–H groups in total. The van der Waals surface area contributed by atoms with Gasteiger partial charge in [0.2, 0.25) is 0 Å². The molecule has 1 aromatic carbocycles. The maximum absolute atomic E-state index is 12.6. The highest BCUT2D eigenvalue weighted by atomic mass is 19.4. The van der Waals surface area contributed by atoms with E-state index in [1.165, 1.54) is 12.1 Å². The molecular formula is C14H18F3N. The smallest absolute Gasteiger partial charge is 0.311 e. The lowest BCUT2D eigenvalue weighted by molar-refractivity contribution is -0.137. The van der Waals surface area contributed by atoms with Crippen LogP contribution in [0.3, 0.4) is 0 Å². The van der Waals surface area contributed by atoms with Gasteiger partial charge >= 0.3 is 6.18 Å². The fourth-order valence-corrected chi connectivity index (χ4v) is 2.69. The zero-order valence-electron chi connectivity index (χ0n) is 10.5. The molecule has 0 aromatic heterocycles. The Morgan fingerprint density at radius 2 is 2.11 bits per heavy atom. The molecule has 1 fully saturated rings. The maximum atomic E-state index is 12.6. The van der Waals surface area contributed by atoms with Gasteiger partial charge in [-0.3, -0.25) is 0 Å². The first-order valence-electron chi connectivity index (χ1n) is 6.36. The van der Waals surface area contributed by atoms with E-state index in [1.807, 2.05) is 0 Å². The molecule has 1 aliphatic rings. The number of hydrogen-bond acceptors (Lipinski definition) is 1. The Bertz CT molecular complexity index is 406. The van der Waals surface area contributed by atoms with Crippen molar-refractivity contribution in [3.8, 4) is 0 Å². The lowest BCUT2D eigenvalue weighted by Crippen LogP contribution is -2.41. The van der Waals surface area contributed by atoms with Crippen LogP contribution in [0.5, 0.6) is 0 Å². The van der Waals surface area contributed by atoms with Crippen molar-refractivity contribution in [1.82, 2.24) is 5.32 Å². The second kappa shape index (κ2) is 4.92. The van der Waals surface area contributed by atoms with Crippen molar-refractivity contribution in [1.29, 1.82) is 0 Å². The third-order valence-electron chi connectivity index (χ3n) is 3.81. The van der Waals surface area contributed by atoms with Crippen molar-refractivity contribution in [2.24, 2.45) is 0 Å². The maximum Gasteiger partial charge on any atom is 0.416 e. The molecule has 0 saturated carbocycles. The van der Waals surface area contributed by atoms with Gasteiger partial charge in [-0.05, 0) is 43.9 Å². The normalized spacial score (nSPS) is 24.4. The third-order valence-corrected chi connectivity index (χ3v) is 3.81. The first-order chi connectivity index (χ1) is 8.45. The Morgan fingerprint density at radius 3 is 2.67 bits per heavy atom. The Kier molecular flexibility index (Phi) is 3.66. The van der Waals surface area contributed by atoms with Crippen molar-refractivity contribution < 1.29 is 13.2 Å². The second-order valence-corrected chi connectivity index (χ2v) is 5.04. The summed E-state index contributed by atoms with van der Waals surface area (Å²) in [5.74, 6) is 0. The Balaban J connectivity index is 2.19. The molecule has 4 heteroatoms. The van der Waals surface area contributed by atoms with Gasteiger partial charge in [-0.2, -0.15) is 13.2 Å². The number of alkyl halides is 3. The van der Waals surface area contributed by atoms with E-state index in [4.69, 9.17) is 0 Å². The fraction of sp³-hybridized carbons (Fsp3) is 0.571. The topological polar surface area (TPSA) is 12.0 Å². The second-order valence-electron chi connectivity index (χ2n) is 5.04. The average molecular weight is 257 g/mol. The van der Waals surface area contributed by atoms with Crippen LogP contribution in [0.4, 0.5) is 13.2 Å². The molecule has 2 rings (SSSR count). The van der Waals surface area contributed by atoms with E-state index in [-0.39, 0.29) is 5.54 Å². The molecule has 0 bridgehead atoms. The number of rotatable bonds is 3. The zero-order chi connectivity index (χ0) is 13.2. The number of nitrogens with one attached hydrogen (secondary N) is 1. The van der Waals surface area contributed by atoms with Crippen LogP contribution in [-0.2, 0) is 12.6 Å². The van der Waals surface area contributed by atoms with E-state index in [1.54, 1.807) is 6.07 Å². The summed E-state index contributed by atoms with van der Waals surface area (Å²) in [5.41, 5.74) is 0.204. The highest BCUT2D eigenvalue weighted by Gasteiger charge is 2.33. The lowest BCUT2D eigenvalue weighted by Gasteiger charge is -2.28. The highest BCUT2D eigenvalue weighted by Crippen LogP contribution is 2.32. The Hall–Kier alpha value is -1.03. The van der Waals surface area contributed by atoms with Crippen molar-refractivity contribution in [3.63, 3.8) is 0 Å². The SMILES string of the molecule is CCC1(Cc2cccc(C(F)(F)F)c2)CCCN1. The van der Waals surface area contributed by atoms with Gasteiger partial charge in [0.15, 0.2) is 0 Å². The fourth-order valence-electron chi connectivity index (χ4n) is 2.69. The molecular weight excluding hydrogens is 239 g/mol. The molecule has 0 spiro atoms. The van der Waals surface area contributed by atoms with Crippen molar-refractivity contribution in [3.05, 3.63) is 35.4 Å². The molecule has 0 aliphatic carbocycles. The van der Waals surface area contributed by atoms with Crippen LogP contribution < -0.4 is 5.32 Å². The Morgan fingerprint density at radius 1 is 1.33 bits per heavy atom. The van der Waals surface area contributed by atoms with Crippen LogP contribution in [0.15, 0.2) is 24.3 Å². The quantitative estimate of drug-likeness (QED) is 0.869. The van der Waals surface area contributed by atoms with Gasteiger partial charge in [0, 0.05) is 5.54 Å². The van der Waals surface area contributed by atoms with Crippen LogP contribution in [0, 0.1) is 0 Å². The third kappa shape index (κ3) is 2.86. The molecule has 0 amide bonds. The number of benzene rings is 1. The molecule has 1 unspecified atom stereocenters. The van der Waals surface area contributed by atoms with E-state index in [0.29, 0.717) is 6.42 Å². The van der Waals surface area contributed by atoms with Crippen LogP contribution in [-0.4, -0.2) is 12.1 Å². The summed E-state index contributed by atoms with van der Waals surface area (Å²) >= 11 is 0. The molecule has 1 nitrogen and oxygen atoms in total. The zero-order valence-corrected chi connectivity index (χ0v) is 10.5. The van der Waals surface area contributed by atoms with Gasteiger partial charge in [-0.1, -0.05) is 25.1 Å². The molecule has 1 atom stereocenters. The van der Waals surface area contributed by atoms with Gasteiger partial charge in [-0.15, -0.1) is 0 Å². The van der Waals surface area contributed by atoms with Crippen LogP contribution in [0.2, 0.25) is 0 Å². The summed E-state index contributed by atoms with van der Waals surface area (Å²) in [6, 6.07) is 5.69. The van der Waals surface area contributed by atoms with Gasteiger partial charge in [0.25, 0.3) is 0 Å². The number of halogens is 3. The summed E-state index contributed by atoms with van der Waals surface area (Å²) in [4.78, 5) is 0. The largest absolute Gasteiger partial charge is 0.416 e. The molecule has 18 heavy (non-hydrogen) atoms. The summed E-state index contributed by atoms with van der Waals surface area (Å²) in [6.45, 7) is 3.05. The first-order valence-corrected chi connectivity index (χ1v) is 6.36. The van der Waals surface area contributed by atoms with Gasteiger partial charge in [0.1, 0.15) is 0 Å². The van der Waals surface area contributed by atoms with Crippen LogP contribution in [0.1, 0.15) is 37.3 Å². The predicted molar refractivity (Wildman–Crippen MR) is 65.4 cm³/mol. The van der Waals surface area contributed by atoms with E-state index < -0.39 is 11.7 Å². The monoisotopic (exact) mass is 257 g/mol. The minimum Gasteiger partial charge on any atom is -0.311 e. The number of hydrogen-bond donors (Lipinski definition) is 1. The summed E-state index contributed by atoms with van der Waals surface area (Å²) in [7, 11) is 0. The standard InChI is InChI=1S/C14H18F3N/c1-2-13(7-4-8-18-13)10-11-5-3-6-12(9-11)14(15,16)17/h3,5-6,9,18H,2,4,7-8,10H2,1H3. The minimum absolute atomic E-state index is 0.00970. The highest BCUT2D eigenvalue weighted by molar-refractivity contribution is 5.27. The molecule has 100 valence electrons. The average Bonchev–Trinajstić information content (AvgIpc) is 2.77. The van der Waals surface area contributed by atoms with Crippen LogP contribution >= 0.6 is 0 Å². The van der Waals surface area contributed by atoms with Crippen molar-refractivity contribution >= 4 is 0 Å². The van der Waals surface area contributed by atoms with Gasteiger partial charge in [0.05, 0.1) is 5.56 Å². The van der Waals surface area contributed by atoms with Crippen molar-refractivity contribution in [2.45, 2.75) is 44.3 Å². The molecule has 1 aliphatic heterocycles. The van der Waals surface area contributed by atoms with Crippen molar-refractivity contribution in [2.75, 3.05) is 6.54 Å². The van der Waals surface area contributed by atoms with Gasteiger partial charge in [-0.25, -0.2) is 0 Å². The summed E-state index contributed by atoms with van der Waals surface area (Å²) < 4.78 is 37.9. The van der Waals surface area contributed by atoms with E-state index in [9.17, 15) is 13.2 Å². The predicted octanol–water partition coefficient (Wildman–Crippen LogP) is 3.78. The van der Waals surface area contributed by atoms with E-state index >= 15 is 0 Å².